The van der Waals surface area contributed by atoms with Gasteiger partial charge in [0.25, 0.3) is 0 Å². The van der Waals surface area contributed by atoms with Crippen molar-refractivity contribution in [2.24, 2.45) is 0 Å². The van der Waals surface area contributed by atoms with Crippen LogP contribution in [0.2, 0.25) is 0 Å². The summed E-state index contributed by atoms with van der Waals surface area (Å²) in [5, 5.41) is 0. The quantitative estimate of drug-likeness (QED) is 0.418. The molecule has 0 fully saturated rings. The Labute approximate surface area is 51.3 Å². The van der Waals surface area contributed by atoms with E-state index in [1.807, 2.05) is 6.92 Å². The Morgan fingerprint density at radius 3 is 2.17 bits per heavy atom. The van der Waals surface area contributed by atoms with Gasteiger partial charge in [0.15, 0.2) is 0 Å². The minimum Gasteiger partial charge on any atom is -0.106 e. The second-order valence-corrected chi connectivity index (χ2v) is 3.03. The van der Waals surface area contributed by atoms with Crippen LogP contribution >= 0.6 is 27.5 Å². The summed E-state index contributed by atoms with van der Waals surface area (Å²) in [6, 6.07) is 0. The van der Waals surface area contributed by atoms with E-state index >= 15 is 0 Å². The van der Waals surface area contributed by atoms with Gasteiger partial charge in [-0.3, -0.25) is 0 Å². The van der Waals surface area contributed by atoms with E-state index in [0.29, 0.717) is 0 Å². The van der Waals surface area contributed by atoms with Gasteiger partial charge < -0.3 is 0 Å². The van der Waals surface area contributed by atoms with Gasteiger partial charge in [0.1, 0.15) is 4.29 Å². The summed E-state index contributed by atoms with van der Waals surface area (Å²) >= 11 is 8.53. The number of hydrogen-bond donors (Lipinski definition) is 0. The van der Waals surface area contributed by atoms with Gasteiger partial charge in [-0.25, -0.2) is 0 Å². The average Bonchev–Trinajstić information content (AvgIpc) is 1.36. The number of rotatable bonds is 1. The summed E-state index contributed by atoms with van der Waals surface area (Å²) < 4.78 is -0.0579. The van der Waals surface area contributed by atoms with Crippen molar-refractivity contribution in [3.63, 3.8) is 0 Å². The predicted molar refractivity (Wildman–Crippen MR) is 33.4 cm³/mol. The molecule has 1 atom stereocenters. The molecular weight excluding hydrogens is 163 g/mol. The van der Waals surface area contributed by atoms with Crippen molar-refractivity contribution in [2.45, 2.75) is 11.2 Å². The molecule has 0 aliphatic heterocycles. The van der Waals surface area contributed by atoms with Gasteiger partial charge in [-0.1, -0.05) is 28.1 Å². The first-order valence-electron chi connectivity index (χ1n) is 1.58. The van der Waals surface area contributed by atoms with Gasteiger partial charge in [-0.05, 0) is 6.92 Å². The molecule has 0 amide bonds. The topological polar surface area (TPSA) is 0 Å². The second kappa shape index (κ2) is 2.64. The standard InChI is InChI=1S/C4H6BrCl/c1-3(2)4(5)6/h4H,1H2,2H3. The monoisotopic (exact) mass is 168 g/mol. The minimum absolute atomic E-state index is 0.0579. The Kier molecular flexibility index (Phi) is 2.87. The van der Waals surface area contributed by atoms with Crippen molar-refractivity contribution in [3.8, 4) is 0 Å². The number of halogens is 2. The Balaban J connectivity index is 3.26. The van der Waals surface area contributed by atoms with E-state index in [2.05, 4.69) is 22.5 Å². The van der Waals surface area contributed by atoms with E-state index in [0.717, 1.165) is 5.57 Å². The molecule has 0 saturated heterocycles. The molecule has 0 saturated carbocycles. The van der Waals surface area contributed by atoms with Crippen molar-refractivity contribution >= 4 is 27.5 Å². The molecule has 0 aromatic rings. The van der Waals surface area contributed by atoms with E-state index < -0.39 is 0 Å². The maximum Gasteiger partial charge on any atom is 0.109 e. The van der Waals surface area contributed by atoms with Crippen molar-refractivity contribution in [3.05, 3.63) is 12.2 Å². The highest BCUT2D eigenvalue weighted by molar-refractivity contribution is 9.10. The first-order valence-corrected chi connectivity index (χ1v) is 2.93. The lowest BCUT2D eigenvalue weighted by molar-refractivity contribution is 1.38. The first-order chi connectivity index (χ1) is 2.64. The van der Waals surface area contributed by atoms with Gasteiger partial charge in [0.05, 0.1) is 0 Å². The molecule has 0 nitrogen and oxygen atoms in total. The maximum absolute atomic E-state index is 5.43. The third-order valence-electron chi connectivity index (χ3n) is 0.373. The normalized spacial score (nSPS) is 13.8. The highest BCUT2D eigenvalue weighted by Crippen LogP contribution is 2.12. The van der Waals surface area contributed by atoms with Crippen LogP contribution in [0, 0.1) is 0 Å². The zero-order valence-electron chi connectivity index (χ0n) is 3.54. The molecule has 1 unspecified atom stereocenters. The van der Waals surface area contributed by atoms with Crippen LogP contribution in [0.4, 0.5) is 0 Å². The molecule has 0 heterocycles. The lowest BCUT2D eigenvalue weighted by atomic mass is 10.4. The predicted octanol–water partition coefficient (Wildman–Crippen LogP) is 2.52. The average molecular weight is 169 g/mol. The zero-order valence-corrected chi connectivity index (χ0v) is 5.88. The smallest absolute Gasteiger partial charge is 0.106 e. The third kappa shape index (κ3) is 2.73. The highest BCUT2D eigenvalue weighted by Gasteiger charge is 1.93. The zero-order chi connectivity index (χ0) is 5.15. The van der Waals surface area contributed by atoms with Crippen LogP contribution in [0.5, 0.6) is 0 Å². The first kappa shape index (κ1) is 6.51. The molecule has 0 spiro atoms. The van der Waals surface area contributed by atoms with Crippen molar-refractivity contribution < 1.29 is 0 Å². The minimum atomic E-state index is -0.0579. The third-order valence-corrected chi connectivity index (χ3v) is 1.53. The van der Waals surface area contributed by atoms with Gasteiger partial charge in [0.2, 0.25) is 0 Å². The molecule has 0 N–H and O–H groups in total. The summed E-state index contributed by atoms with van der Waals surface area (Å²) in [5.74, 6) is 0. The molecule has 2 heteroatoms. The molecule has 36 valence electrons. The van der Waals surface area contributed by atoms with Crippen LogP contribution < -0.4 is 0 Å². The van der Waals surface area contributed by atoms with Crippen LogP contribution in [0.3, 0.4) is 0 Å². The Morgan fingerprint density at radius 1 is 2.00 bits per heavy atom. The summed E-state index contributed by atoms with van der Waals surface area (Å²) in [6.45, 7) is 5.44. The molecule has 6 heavy (non-hydrogen) atoms. The molecule has 0 bridgehead atoms. The van der Waals surface area contributed by atoms with Gasteiger partial charge in [-0.15, -0.1) is 11.6 Å². The van der Waals surface area contributed by atoms with Crippen LogP contribution in [0.25, 0.3) is 0 Å². The number of alkyl halides is 2. The number of hydrogen-bond acceptors (Lipinski definition) is 0. The Morgan fingerprint density at radius 2 is 2.17 bits per heavy atom. The molecule has 0 aliphatic carbocycles. The van der Waals surface area contributed by atoms with E-state index in [1.165, 1.54) is 0 Å². The largest absolute Gasteiger partial charge is 0.109 e. The summed E-state index contributed by atoms with van der Waals surface area (Å²) in [6.07, 6.45) is 0. The highest BCUT2D eigenvalue weighted by atomic mass is 79.9. The summed E-state index contributed by atoms with van der Waals surface area (Å²) in [7, 11) is 0. The maximum atomic E-state index is 5.43. The van der Waals surface area contributed by atoms with Crippen LogP contribution in [-0.2, 0) is 0 Å². The number of allylic oxidation sites excluding steroid dienone is 1. The molecule has 0 rings (SSSR count). The van der Waals surface area contributed by atoms with Crippen LogP contribution in [0.1, 0.15) is 6.92 Å². The molecular formula is C4H6BrCl. The Hall–Kier alpha value is 0.510. The summed E-state index contributed by atoms with van der Waals surface area (Å²) in [5.41, 5.74) is 0.941. The molecule has 0 radical (unpaired) electrons. The van der Waals surface area contributed by atoms with E-state index in [4.69, 9.17) is 11.6 Å². The van der Waals surface area contributed by atoms with Crippen molar-refractivity contribution in [2.75, 3.05) is 0 Å². The fourth-order valence-corrected chi connectivity index (χ4v) is 0. The molecule has 0 aromatic heterocycles. The Bertz CT molecular complexity index is 58.6. The SMILES string of the molecule is C=C(C)C(Cl)Br. The fourth-order valence-electron chi connectivity index (χ4n) is 0. The molecule has 0 aromatic carbocycles. The van der Waals surface area contributed by atoms with Gasteiger partial charge in [-0.2, -0.15) is 0 Å². The van der Waals surface area contributed by atoms with E-state index in [-0.39, 0.29) is 4.29 Å². The second-order valence-electron chi connectivity index (χ2n) is 1.15. The molecule has 0 aliphatic rings. The van der Waals surface area contributed by atoms with Crippen molar-refractivity contribution in [1.29, 1.82) is 0 Å². The lowest BCUT2D eigenvalue weighted by Crippen LogP contribution is -1.81. The summed E-state index contributed by atoms with van der Waals surface area (Å²) in [4.78, 5) is 0. The van der Waals surface area contributed by atoms with E-state index in [1.54, 1.807) is 0 Å². The van der Waals surface area contributed by atoms with Crippen LogP contribution in [-0.4, -0.2) is 4.29 Å². The van der Waals surface area contributed by atoms with Crippen LogP contribution in [0.15, 0.2) is 12.2 Å². The van der Waals surface area contributed by atoms with Crippen molar-refractivity contribution in [1.82, 2.24) is 0 Å². The van der Waals surface area contributed by atoms with Gasteiger partial charge in [0, 0.05) is 0 Å². The van der Waals surface area contributed by atoms with Gasteiger partial charge >= 0.3 is 0 Å². The lowest BCUT2D eigenvalue weighted by Gasteiger charge is -1.92. The van der Waals surface area contributed by atoms with E-state index in [9.17, 15) is 0 Å². The fraction of sp³-hybridized carbons (Fsp3) is 0.500.